The van der Waals surface area contributed by atoms with Crippen LogP contribution in [0.3, 0.4) is 0 Å². The van der Waals surface area contributed by atoms with E-state index in [0.29, 0.717) is 12.1 Å². The van der Waals surface area contributed by atoms with Gasteiger partial charge in [0.1, 0.15) is 12.2 Å². The summed E-state index contributed by atoms with van der Waals surface area (Å²) in [5.41, 5.74) is 1.84. The van der Waals surface area contributed by atoms with Gasteiger partial charge in [0, 0.05) is 18.5 Å². The van der Waals surface area contributed by atoms with Crippen LogP contribution in [0.25, 0.3) is 0 Å². The minimum absolute atomic E-state index is 0.0347. The number of carbonyl (C=O) groups is 1. The topological polar surface area (TPSA) is 70.7 Å². The van der Waals surface area contributed by atoms with Crippen LogP contribution in [0.4, 0.5) is 0 Å². The normalized spacial score (nSPS) is 10.3. The van der Waals surface area contributed by atoms with Crippen LogP contribution in [-0.4, -0.2) is 27.6 Å². The average molecular weight is 244 g/mol. The van der Waals surface area contributed by atoms with E-state index in [1.807, 2.05) is 31.2 Å². The number of carbonyl (C=O) groups excluding carboxylic acids is 1. The highest BCUT2D eigenvalue weighted by Gasteiger charge is 2.04. The lowest BCUT2D eigenvalue weighted by Crippen LogP contribution is -2.24. The highest BCUT2D eigenvalue weighted by atomic mass is 16.1. The third kappa shape index (κ3) is 3.41. The summed E-state index contributed by atoms with van der Waals surface area (Å²) in [4.78, 5) is 15.8. The monoisotopic (exact) mass is 244 g/mol. The molecule has 0 aliphatic carbocycles. The number of rotatable bonds is 5. The number of hydrogen-bond donors (Lipinski definition) is 2. The van der Waals surface area contributed by atoms with Crippen LogP contribution < -0.4 is 5.32 Å². The van der Waals surface area contributed by atoms with Gasteiger partial charge < -0.3 is 5.32 Å². The van der Waals surface area contributed by atoms with Crippen molar-refractivity contribution in [3.8, 4) is 0 Å². The molecule has 18 heavy (non-hydrogen) atoms. The maximum Gasteiger partial charge on any atom is 0.251 e. The van der Waals surface area contributed by atoms with E-state index in [4.69, 9.17) is 0 Å². The van der Waals surface area contributed by atoms with Crippen LogP contribution >= 0.6 is 0 Å². The number of nitrogens with zero attached hydrogens (tertiary/aromatic N) is 2. The maximum atomic E-state index is 11.8. The van der Waals surface area contributed by atoms with Crippen molar-refractivity contribution in [2.45, 2.75) is 19.8 Å². The van der Waals surface area contributed by atoms with Crippen molar-refractivity contribution in [1.29, 1.82) is 0 Å². The van der Waals surface area contributed by atoms with E-state index < -0.39 is 0 Å². The fraction of sp³-hybridized carbons (Fsp3) is 0.308. The Morgan fingerprint density at radius 1 is 1.33 bits per heavy atom. The second-order valence-corrected chi connectivity index (χ2v) is 4.16. The molecule has 0 radical (unpaired) electrons. The molecule has 2 aromatic rings. The molecule has 1 heterocycles. The summed E-state index contributed by atoms with van der Waals surface area (Å²) >= 11 is 0. The van der Waals surface area contributed by atoms with E-state index in [1.165, 1.54) is 6.33 Å². The third-order valence-corrected chi connectivity index (χ3v) is 2.65. The zero-order valence-corrected chi connectivity index (χ0v) is 10.3. The quantitative estimate of drug-likeness (QED) is 0.782. The van der Waals surface area contributed by atoms with Crippen molar-refractivity contribution >= 4 is 5.91 Å². The summed E-state index contributed by atoms with van der Waals surface area (Å²) in [6, 6.07) is 7.54. The molecule has 0 saturated heterocycles. The number of amides is 1. The molecule has 94 valence electrons. The molecule has 5 nitrogen and oxygen atoms in total. The van der Waals surface area contributed by atoms with Crippen LogP contribution in [-0.2, 0) is 6.42 Å². The number of aromatic amines is 1. The molecule has 2 rings (SSSR count). The number of hydrogen-bond acceptors (Lipinski definition) is 3. The summed E-state index contributed by atoms with van der Waals surface area (Å²) in [6.07, 6.45) is 3.11. The Balaban J connectivity index is 1.73. The number of nitrogens with one attached hydrogen (secondary N) is 2. The molecule has 0 spiro atoms. The Kier molecular flexibility index (Phi) is 4.06. The van der Waals surface area contributed by atoms with Crippen molar-refractivity contribution < 1.29 is 4.79 Å². The van der Waals surface area contributed by atoms with Gasteiger partial charge in [-0.25, -0.2) is 4.98 Å². The van der Waals surface area contributed by atoms with Gasteiger partial charge in [-0.05, 0) is 25.5 Å². The van der Waals surface area contributed by atoms with Crippen LogP contribution in [0, 0.1) is 6.92 Å². The average Bonchev–Trinajstić information content (AvgIpc) is 2.88. The molecule has 1 aromatic carbocycles. The number of aromatic nitrogens is 3. The Morgan fingerprint density at radius 2 is 2.11 bits per heavy atom. The molecule has 1 aromatic heterocycles. The van der Waals surface area contributed by atoms with Crippen LogP contribution in [0.15, 0.2) is 30.6 Å². The van der Waals surface area contributed by atoms with Crippen molar-refractivity contribution in [2.75, 3.05) is 6.54 Å². The van der Waals surface area contributed by atoms with E-state index in [-0.39, 0.29) is 5.91 Å². The van der Waals surface area contributed by atoms with E-state index in [0.717, 1.165) is 24.2 Å². The van der Waals surface area contributed by atoms with Crippen molar-refractivity contribution in [2.24, 2.45) is 0 Å². The fourth-order valence-corrected chi connectivity index (χ4v) is 1.62. The van der Waals surface area contributed by atoms with E-state index in [9.17, 15) is 4.79 Å². The van der Waals surface area contributed by atoms with Gasteiger partial charge in [0.2, 0.25) is 0 Å². The van der Waals surface area contributed by atoms with Crippen molar-refractivity contribution in [3.05, 3.63) is 47.5 Å². The first kappa shape index (κ1) is 12.3. The zero-order valence-electron chi connectivity index (χ0n) is 10.3. The molecule has 0 unspecified atom stereocenters. The van der Waals surface area contributed by atoms with E-state index >= 15 is 0 Å². The maximum absolute atomic E-state index is 11.8. The lowest BCUT2D eigenvalue weighted by atomic mass is 10.1. The molecular weight excluding hydrogens is 228 g/mol. The lowest BCUT2D eigenvalue weighted by molar-refractivity contribution is 0.0953. The van der Waals surface area contributed by atoms with Gasteiger partial charge in [-0.1, -0.05) is 17.7 Å². The number of H-pyrrole nitrogens is 1. The fourth-order valence-electron chi connectivity index (χ4n) is 1.62. The summed E-state index contributed by atoms with van der Waals surface area (Å²) in [7, 11) is 0. The Morgan fingerprint density at radius 3 is 2.78 bits per heavy atom. The zero-order chi connectivity index (χ0) is 12.8. The molecule has 0 bridgehead atoms. The Labute approximate surface area is 106 Å². The van der Waals surface area contributed by atoms with Gasteiger partial charge in [0.05, 0.1) is 0 Å². The predicted octanol–water partition coefficient (Wildman–Crippen LogP) is 1.48. The molecule has 0 atom stereocenters. The van der Waals surface area contributed by atoms with Crippen LogP contribution in [0.2, 0.25) is 0 Å². The third-order valence-electron chi connectivity index (χ3n) is 2.65. The second-order valence-electron chi connectivity index (χ2n) is 4.16. The first-order valence-electron chi connectivity index (χ1n) is 5.95. The van der Waals surface area contributed by atoms with E-state index in [1.54, 1.807) is 0 Å². The first-order chi connectivity index (χ1) is 8.75. The molecular formula is C13H16N4O. The minimum Gasteiger partial charge on any atom is -0.352 e. The second kappa shape index (κ2) is 5.95. The molecule has 0 aliphatic heterocycles. The highest BCUT2D eigenvalue weighted by Crippen LogP contribution is 2.02. The SMILES string of the molecule is Cc1ccc(C(=O)NCCCc2ncn[nH]2)cc1. The molecule has 0 aliphatic rings. The smallest absolute Gasteiger partial charge is 0.251 e. The molecule has 1 amide bonds. The summed E-state index contributed by atoms with van der Waals surface area (Å²) in [5.74, 6) is 0.812. The highest BCUT2D eigenvalue weighted by molar-refractivity contribution is 5.94. The van der Waals surface area contributed by atoms with Gasteiger partial charge >= 0.3 is 0 Å². The van der Waals surface area contributed by atoms with Gasteiger partial charge in [-0.3, -0.25) is 9.89 Å². The van der Waals surface area contributed by atoms with E-state index in [2.05, 4.69) is 20.5 Å². The Bertz CT molecular complexity index is 490. The van der Waals surface area contributed by atoms with Crippen LogP contribution in [0.1, 0.15) is 28.2 Å². The van der Waals surface area contributed by atoms with Gasteiger partial charge in [0.25, 0.3) is 5.91 Å². The molecule has 2 N–H and O–H groups in total. The first-order valence-corrected chi connectivity index (χ1v) is 5.95. The predicted molar refractivity (Wildman–Crippen MR) is 68.2 cm³/mol. The van der Waals surface area contributed by atoms with Crippen molar-refractivity contribution in [3.63, 3.8) is 0 Å². The summed E-state index contributed by atoms with van der Waals surface area (Å²) < 4.78 is 0. The van der Waals surface area contributed by atoms with Gasteiger partial charge in [-0.15, -0.1) is 0 Å². The van der Waals surface area contributed by atoms with Crippen LogP contribution in [0.5, 0.6) is 0 Å². The van der Waals surface area contributed by atoms with Gasteiger partial charge in [-0.2, -0.15) is 5.10 Å². The van der Waals surface area contributed by atoms with Crippen molar-refractivity contribution in [1.82, 2.24) is 20.5 Å². The molecule has 0 fully saturated rings. The summed E-state index contributed by atoms with van der Waals surface area (Å²) in [6.45, 7) is 2.63. The molecule has 5 heteroatoms. The summed E-state index contributed by atoms with van der Waals surface area (Å²) in [5, 5.41) is 9.44. The number of benzene rings is 1. The van der Waals surface area contributed by atoms with Gasteiger partial charge in [0.15, 0.2) is 0 Å². The largest absolute Gasteiger partial charge is 0.352 e. The Hall–Kier alpha value is -2.17. The minimum atomic E-state index is -0.0347. The lowest BCUT2D eigenvalue weighted by Gasteiger charge is -2.04. The standard InChI is InChI=1S/C13H16N4O/c1-10-4-6-11(7-5-10)13(18)14-8-2-3-12-15-9-16-17-12/h4-7,9H,2-3,8H2,1H3,(H,14,18)(H,15,16,17). The molecule has 0 saturated carbocycles. The number of aryl methyl sites for hydroxylation is 2.